The summed E-state index contributed by atoms with van der Waals surface area (Å²) in [7, 11) is 1.51. The fourth-order valence-corrected chi connectivity index (χ4v) is 3.20. The van der Waals surface area contributed by atoms with Gasteiger partial charge in [-0.25, -0.2) is 9.82 Å². The zero-order chi connectivity index (χ0) is 23.1. The molecule has 0 aliphatic heterocycles. The quantitative estimate of drug-likeness (QED) is 0.334. The third-order valence-corrected chi connectivity index (χ3v) is 5.24. The van der Waals surface area contributed by atoms with E-state index < -0.39 is 11.7 Å². The van der Waals surface area contributed by atoms with E-state index in [1.807, 2.05) is 12.1 Å². The molecule has 9 heteroatoms. The highest BCUT2D eigenvalue weighted by atomic mass is 79.9. The molecule has 162 valence electrons. The first-order valence-corrected chi connectivity index (χ1v) is 10.4. The van der Waals surface area contributed by atoms with Crippen LogP contribution in [0.2, 0.25) is 5.02 Å². The summed E-state index contributed by atoms with van der Waals surface area (Å²) >= 11 is 9.33. The zero-order valence-corrected chi connectivity index (χ0v) is 19.1. The van der Waals surface area contributed by atoms with Gasteiger partial charge in [-0.1, -0.05) is 23.7 Å². The molecule has 6 nitrogen and oxygen atoms in total. The largest absolute Gasteiger partial charge is 0.493 e. The van der Waals surface area contributed by atoms with Crippen LogP contribution >= 0.6 is 27.5 Å². The number of nitriles is 1. The van der Waals surface area contributed by atoms with E-state index in [2.05, 4.69) is 26.5 Å². The molecule has 0 fully saturated rings. The predicted molar refractivity (Wildman–Crippen MR) is 123 cm³/mol. The van der Waals surface area contributed by atoms with Crippen molar-refractivity contribution in [2.24, 2.45) is 5.10 Å². The standard InChI is InChI=1S/C23H16BrClFN3O3/c1-31-21-9-16(12-28-29-23(30)18-7-4-15(11-27)8-20(18)26)19(24)10-22(21)32-13-14-2-5-17(25)6-3-14/h2-10,12H,13H2,1H3,(H,29,30)/b28-12-. The molecular formula is C23H16BrClFN3O3. The Hall–Kier alpha value is -3.41. The molecule has 0 bridgehead atoms. The molecule has 3 aromatic rings. The Labute approximate surface area is 197 Å². The van der Waals surface area contributed by atoms with Crippen molar-refractivity contribution in [3.8, 4) is 17.6 Å². The summed E-state index contributed by atoms with van der Waals surface area (Å²) in [5.74, 6) is -0.570. The van der Waals surface area contributed by atoms with Gasteiger partial charge in [-0.2, -0.15) is 10.4 Å². The van der Waals surface area contributed by atoms with Crippen LogP contribution in [0, 0.1) is 17.1 Å². The molecule has 0 aliphatic rings. The molecule has 3 aromatic carbocycles. The maximum Gasteiger partial charge on any atom is 0.274 e. The number of halogens is 3. The summed E-state index contributed by atoms with van der Waals surface area (Å²) in [6.07, 6.45) is 1.38. The van der Waals surface area contributed by atoms with Crippen LogP contribution in [0.15, 0.2) is 64.2 Å². The lowest BCUT2D eigenvalue weighted by Gasteiger charge is -2.13. The first-order chi connectivity index (χ1) is 15.4. The number of nitrogens with zero attached hydrogens (tertiary/aromatic N) is 2. The Balaban J connectivity index is 1.70. The molecule has 32 heavy (non-hydrogen) atoms. The van der Waals surface area contributed by atoms with Gasteiger partial charge in [0.2, 0.25) is 0 Å². The lowest BCUT2D eigenvalue weighted by atomic mass is 10.1. The lowest BCUT2D eigenvalue weighted by Crippen LogP contribution is -2.19. The van der Waals surface area contributed by atoms with Crippen LogP contribution in [-0.2, 0) is 6.61 Å². The second kappa shape index (κ2) is 10.8. The number of carbonyl (C=O) groups is 1. The van der Waals surface area contributed by atoms with Crippen LogP contribution in [0.3, 0.4) is 0 Å². The third kappa shape index (κ3) is 5.84. The number of carbonyl (C=O) groups excluding carboxylic acids is 1. The third-order valence-electron chi connectivity index (χ3n) is 4.30. The number of methoxy groups -OCH3 is 1. The van der Waals surface area contributed by atoms with Crippen LogP contribution in [-0.4, -0.2) is 19.2 Å². The van der Waals surface area contributed by atoms with Crippen molar-refractivity contribution in [3.63, 3.8) is 0 Å². The average Bonchev–Trinajstić information content (AvgIpc) is 2.79. The highest BCUT2D eigenvalue weighted by Crippen LogP contribution is 2.33. The van der Waals surface area contributed by atoms with Gasteiger partial charge >= 0.3 is 0 Å². The number of hydrogen-bond acceptors (Lipinski definition) is 5. The topological polar surface area (TPSA) is 83.7 Å². The predicted octanol–water partition coefficient (Wildman–Crippen LogP) is 5.46. The molecule has 0 aliphatic carbocycles. The summed E-state index contributed by atoms with van der Waals surface area (Å²) in [5, 5.41) is 13.3. The number of amides is 1. The molecule has 0 saturated heterocycles. The SMILES string of the molecule is COc1cc(/C=N\NC(=O)c2ccc(C#N)cc2F)c(Br)cc1OCc1ccc(Cl)cc1. The summed E-state index contributed by atoms with van der Waals surface area (Å²) < 4.78 is 25.8. The minimum Gasteiger partial charge on any atom is -0.493 e. The molecule has 0 aromatic heterocycles. The van der Waals surface area contributed by atoms with E-state index in [0.717, 1.165) is 11.6 Å². The normalized spacial score (nSPS) is 10.6. The Kier molecular flexibility index (Phi) is 7.82. The van der Waals surface area contributed by atoms with Crippen LogP contribution in [0.25, 0.3) is 0 Å². The highest BCUT2D eigenvalue weighted by molar-refractivity contribution is 9.10. The van der Waals surface area contributed by atoms with Gasteiger partial charge in [-0.05, 0) is 64.0 Å². The Bertz CT molecular complexity index is 1210. The van der Waals surface area contributed by atoms with Gasteiger partial charge < -0.3 is 9.47 Å². The first kappa shape index (κ1) is 23.3. The fraction of sp³-hybridized carbons (Fsp3) is 0.0870. The van der Waals surface area contributed by atoms with E-state index in [1.165, 1.54) is 25.5 Å². The number of rotatable bonds is 7. The van der Waals surface area contributed by atoms with Crippen molar-refractivity contribution >= 4 is 39.7 Å². The van der Waals surface area contributed by atoms with E-state index in [-0.39, 0.29) is 11.1 Å². The second-order valence-electron chi connectivity index (χ2n) is 6.45. The monoisotopic (exact) mass is 515 g/mol. The van der Waals surface area contributed by atoms with Gasteiger partial charge in [0, 0.05) is 15.1 Å². The minimum absolute atomic E-state index is 0.122. The molecule has 0 atom stereocenters. The minimum atomic E-state index is -0.804. The summed E-state index contributed by atoms with van der Waals surface area (Å²) in [6, 6.07) is 16.1. The zero-order valence-electron chi connectivity index (χ0n) is 16.7. The summed E-state index contributed by atoms with van der Waals surface area (Å²) in [5.41, 5.74) is 3.70. The Morgan fingerprint density at radius 2 is 1.97 bits per heavy atom. The van der Waals surface area contributed by atoms with Crippen molar-refractivity contribution in [2.75, 3.05) is 7.11 Å². The molecule has 0 unspecified atom stereocenters. The van der Waals surface area contributed by atoms with Gasteiger partial charge in [0.15, 0.2) is 11.5 Å². The average molecular weight is 517 g/mol. The summed E-state index contributed by atoms with van der Waals surface area (Å²) in [4.78, 5) is 12.1. The van der Waals surface area contributed by atoms with Gasteiger partial charge in [-0.3, -0.25) is 4.79 Å². The van der Waals surface area contributed by atoms with Gasteiger partial charge in [0.25, 0.3) is 5.91 Å². The number of hydrazone groups is 1. The van der Waals surface area contributed by atoms with Crippen molar-refractivity contribution < 1.29 is 18.7 Å². The van der Waals surface area contributed by atoms with E-state index >= 15 is 0 Å². The van der Waals surface area contributed by atoms with Crippen LogP contribution in [0.4, 0.5) is 4.39 Å². The van der Waals surface area contributed by atoms with Crippen LogP contribution in [0.5, 0.6) is 11.5 Å². The van der Waals surface area contributed by atoms with Crippen molar-refractivity contribution in [1.82, 2.24) is 5.43 Å². The van der Waals surface area contributed by atoms with Gasteiger partial charge in [0.1, 0.15) is 12.4 Å². The number of hydrogen-bond donors (Lipinski definition) is 1. The fourth-order valence-electron chi connectivity index (χ4n) is 2.65. The first-order valence-electron chi connectivity index (χ1n) is 9.19. The smallest absolute Gasteiger partial charge is 0.274 e. The van der Waals surface area contributed by atoms with E-state index in [1.54, 1.807) is 30.3 Å². The highest BCUT2D eigenvalue weighted by Gasteiger charge is 2.13. The Morgan fingerprint density at radius 3 is 2.62 bits per heavy atom. The molecule has 0 heterocycles. The number of nitrogens with one attached hydrogen (secondary N) is 1. The van der Waals surface area contributed by atoms with E-state index in [9.17, 15) is 9.18 Å². The second-order valence-corrected chi connectivity index (χ2v) is 7.74. The molecule has 3 rings (SSSR count). The van der Waals surface area contributed by atoms with E-state index in [4.69, 9.17) is 26.3 Å². The van der Waals surface area contributed by atoms with Crippen molar-refractivity contribution in [1.29, 1.82) is 5.26 Å². The van der Waals surface area contributed by atoms with Crippen LogP contribution < -0.4 is 14.9 Å². The molecule has 1 N–H and O–H groups in total. The molecule has 1 amide bonds. The molecule has 0 saturated carbocycles. The van der Waals surface area contributed by atoms with Crippen LogP contribution in [0.1, 0.15) is 27.0 Å². The van der Waals surface area contributed by atoms with Gasteiger partial charge in [-0.15, -0.1) is 0 Å². The summed E-state index contributed by atoms with van der Waals surface area (Å²) in [6.45, 7) is 0.319. The number of benzene rings is 3. The Morgan fingerprint density at radius 1 is 1.22 bits per heavy atom. The van der Waals surface area contributed by atoms with Gasteiger partial charge in [0.05, 0.1) is 30.5 Å². The van der Waals surface area contributed by atoms with E-state index in [0.29, 0.717) is 33.2 Å². The lowest BCUT2D eigenvalue weighted by molar-refractivity contribution is 0.0951. The maximum atomic E-state index is 14.0. The maximum absolute atomic E-state index is 14.0. The molecule has 0 spiro atoms. The molecular weight excluding hydrogens is 501 g/mol. The number of ether oxygens (including phenoxy) is 2. The molecule has 0 radical (unpaired) electrons. The van der Waals surface area contributed by atoms with Crippen molar-refractivity contribution in [2.45, 2.75) is 6.61 Å². The van der Waals surface area contributed by atoms with Crippen molar-refractivity contribution in [3.05, 3.63) is 92.2 Å².